The highest BCUT2D eigenvalue weighted by Gasteiger charge is 2.70. The zero-order valence-electron chi connectivity index (χ0n) is 28.3. The van der Waals surface area contributed by atoms with Gasteiger partial charge in [0, 0.05) is 12.6 Å². The molecule has 0 aromatic rings. The first-order valence-electron chi connectivity index (χ1n) is 17.8. The maximum absolute atomic E-state index is 15.0. The molecule has 4 amide bonds. The highest BCUT2D eigenvalue weighted by molar-refractivity contribution is 5.93. The van der Waals surface area contributed by atoms with E-state index in [0.29, 0.717) is 18.9 Å². The number of rotatable bonds is 10. The minimum absolute atomic E-state index is 0.00242. The normalized spacial score (nSPS) is 29.1. The van der Waals surface area contributed by atoms with Crippen LogP contribution in [0.5, 0.6) is 0 Å². The molecule has 0 bridgehead atoms. The van der Waals surface area contributed by atoms with Gasteiger partial charge in [0.2, 0.25) is 17.7 Å². The highest BCUT2D eigenvalue weighted by Crippen LogP contribution is 2.65. The second kappa shape index (κ2) is 13.4. The minimum atomic E-state index is -1.49. The summed E-state index contributed by atoms with van der Waals surface area (Å²) in [4.78, 5) is 58.9. The first-order valence-corrected chi connectivity index (χ1v) is 17.8. The van der Waals surface area contributed by atoms with Crippen molar-refractivity contribution in [2.24, 2.45) is 34.8 Å². The quantitative estimate of drug-likeness (QED) is 0.324. The van der Waals surface area contributed by atoms with E-state index in [1.165, 1.54) is 0 Å². The molecule has 5 unspecified atom stereocenters. The zero-order chi connectivity index (χ0) is 32.7. The lowest BCUT2D eigenvalue weighted by Crippen LogP contribution is -2.62. The molecular formula is C35H58N4O6. The number of aliphatic hydroxyl groups is 1. The first kappa shape index (κ1) is 34.0. The molecule has 0 radical (unpaired) electrons. The third-order valence-corrected chi connectivity index (χ3v) is 11.8. The molecule has 1 heterocycles. The molecule has 254 valence electrons. The van der Waals surface area contributed by atoms with Crippen LogP contribution in [0.2, 0.25) is 0 Å². The topological polar surface area (TPSA) is 142 Å². The van der Waals surface area contributed by atoms with Crippen LogP contribution in [0.15, 0.2) is 0 Å². The van der Waals surface area contributed by atoms with E-state index in [9.17, 15) is 19.5 Å². The summed E-state index contributed by atoms with van der Waals surface area (Å²) in [5.41, 5.74) is 4.68. The van der Waals surface area contributed by atoms with Crippen LogP contribution < -0.4 is 11.1 Å². The lowest BCUT2D eigenvalue weighted by atomic mass is 9.79. The smallest absolute Gasteiger partial charge is 0.411 e. The van der Waals surface area contributed by atoms with E-state index in [2.05, 4.69) is 19.2 Å². The van der Waals surface area contributed by atoms with Gasteiger partial charge in [0.1, 0.15) is 17.7 Å². The fourth-order valence-corrected chi connectivity index (χ4v) is 8.97. The molecule has 0 spiro atoms. The zero-order valence-corrected chi connectivity index (χ0v) is 28.3. The summed E-state index contributed by atoms with van der Waals surface area (Å²) in [6, 6.07) is -2.31. The van der Waals surface area contributed by atoms with Crippen molar-refractivity contribution in [2.75, 3.05) is 6.54 Å². The Morgan fingerprint density at radius 1 is 0.956 bits per heavy atom. The van der Waals surface area contributed by atoms with Crippen LogP contribution in [0.1, 0.15) is 125 Å². The van der Waals surface area contributed by atoms with Crippen molar-refractivity contribution in [3.05, 3.63) is 0 Å². The van der Waals surface area contributed by atoms with Gasteiger partial charge in [0.15, 0.2) is 6.10 Å². The number of primary amides is 1. The van der Waals surface area contributed by atoms with Gasteiger partial charge in [-0.1, -0.05) is 71.6 Å². The lowest BCUT2D eigenvalue weighted by molar-refractivity contribution is -0.148. The minimum Gasteiger partial charge on any atom is -0.444 e. The van der Waals surface area contributed by atoms with Crippen molar-refractivity contribution in [1.82, 2.24) is 15.1 Å². The second-order valence-corrected chi connectivity index (χ2v) is 16.4. The number of nitrogens with two attached hydrogens (primary N) is 1. The molecule has 10 nitrogen and oxygen atoms in total. The standard InChI is InChI=1S/C35H58N4O6/c1-34(2,3)45-33(44)39(23-17-10-7-11-18-23)27(22-15-8-6-9-16-22)32(43)38-20-24-26(35(24,4)5)28(38)31(42)37-25(29(40)30(36)41)19-21-13-12-14-21/h21-29,40H,6-20H2,1-5H3,(H2,36,41)(H,37,42)/t24?,25?,26?,27-,28?,29?/m0/s1. The van der Waals surface area contributed by atoms with Crippen molar-refractivity contribution in [2.45, 2.75) is 160 Å². The van der Waals surface area contributed by atoms with E-state index in [-0.39, 0.29) is 41.0 Å². The van der Waals surface area contributed by atoms with Crippen LogP contribution in [-0.2, 0) is 19.1 Å². The van der Waals surface area contributed by atoms with E-state index < -0.39 is 41.8 Å². The van der Waals surface area contributed by atoms with Gasteiger partial charge < -0.3 is 25.8 Å². The molecular weight excluding hydrogens is 572 g/mol. The number of carbonyl (C=O) groups excluding carboxylic acids is 4. The van der Waals surface area contributed by atoms with Gasteiger partial charge in [0.25, 0.3) is 0 Å². The summed E-state index contributed by atoms with van der Waals surface area (Å²) in [6.07, 6.45) is 11.3. The van der Waals surface area contributed by atoms with Crippen molar-refractivity contribution in [3.8, 4) is 0 Å². The SMILES string of the molecule is CC(C)(C)OC(=O)N(C1CCCCC1)[C@H](C(=O)N1CC2C(C1C(=O)NC(CC1CCC1)C(O)C(N)=O)C2(C)C)C1CCCCC1. The van der Waals surface area contributed by atoms with Crippen LogP contribution in [0, 0.1) is 29.1 Å². The van der Waals surface area contributed by atoms with Gasteiger partial charge in [-0.15, -0.1) is 0 Å². The molecule has 5 fully saturated rings. The molecule has 0 aromatic heterocycles. The van der Waals surface area contributed by atoms with Gasteiger partial charge in [-0.2, -0.15) is 0 Å². The van der Waals surface area contributed by atoms with Crippen molar-refractivity contribution >= 4 is 23.8 Å². The van der Waals surface area contributed by atoms with Gasteiger partial charge in [-0.3, -0.25) is 19.3 Å². The Kier molecular flexibility index (Phi) is 10.1. The molecule has 10 heteroatoms. The van der Waals surface area contributed by atoms with Crippen molar-refractivity contribution in [3.63, 3.8) is 0 Å². The van der Waals surface area contributed by atoms with E-state index >= 15 is 4.79 Å². The second-order valence-electron chi connectivity index (χ2n) is 16.4. The van der Waals surface area contributed by atoms with E-state index in [0.717, 1.165) is 83.5 Å². The van der Waals surface area contributed by atoms with Crippen LogP contribution >= 0.6 is 0 Å². The van der Waals surface area contributed by atoms with E-state index in [1.54, 1.807) is 9.80 Å². The summed E-state index contributed by atoms with van der Waals surface area (Å²) in [5, 5.41) is 13.7. The molecule has 4 aliphatic carbocycles. The highest BCUT2D eigenvalue weighted by atomic mass is 16.6. The molecule has 1 saturated heterocycles. The fraction of sp³-hybridized carbons (Fsp3) is 0.886. The Labute approximate surface area is 269 Å². The number of fused-ring (bicyclic) bond motifs is 1. The Hall–Kier alpha value is -2.36. The molecule has 6 atom stereocenters. The predicted molar refractivity (Wildman–Crippen MR) is 171 cm³/mol. The molecule has 4 N–H and O–H groups in total. The van der Waals surface area contributed by atoms with Crippen LogP contribution in [0.4, 0.5) is 4.79 Å². The number of likely N-dealkylation sites (tertiary alicyclic amines) is 1. The number of aliphatic hydroxyl groups excluding tert-OH is 1. The van der Waals surface area contributed by atoms with Crippen molar-refractivity contribution in [1.29, 1.82) is 0 Å². The largest absolute Gasteiger partial charge is 0.444 e. The summed E-state index contributed by atoms with van der Waals surface area (Å²) in [7, 11) is 0. The summed E-state index contributed by atoms with van der Waals surface area (Å²) >= 11 is 0. The molecule has 0 aromatic carbocycles. The monoisotopic (exact) mass is 630 g/mol. The Bertz CT molecular complexity index is 1100. The Balaban J connectivity index is 1.46. The lowest BCUT2D eigenvalue weighted by Gasteiger charge is -2.45. The number of carbonyl (C=O) groups is 4. The van der Waals surface area contributed by atoms with Crippen LogP contribution in [-0.4, -0.2) is 81.1 Å². The van der Waals surface area contributed by atoms with Crippen LogP contribution in [0.3, 0.4) is 0 Å². The third-order valence-electron chi connectivity index (χ3n) is 11.8. The van der Waals surface area contributed by atoms with Crippen molar-refractivity contribution < 1.29 is 29.0 Å². The van der Waals surface area contributed by atoms with Gasteiger partial charge in [-0.05, 0) is 82.0 Å². The number of ether oxygens (including phenoxy) is 1. The third kappa shape index (κ3) is 7.31. The number of piperidine rings is 1. The molecule has 5 rings (SSSR count). The summed E-state index contributed by atoms with van der Waals surface area (Å²) in [5.74, 6) is -0.904. The number of hydrogen-bond acceptors (Lipinski definition) is 6. The molecule has 1 aliphatic heterocycles. The molecule has 45 heavy (non-hydrogen) atoms. The van der Waals surface area contributed by atoms with Gasteiger partial charge in [0.05, 0.1) is 6.04 Å². The molecule has 5 aliphatic rings. The Morgan fingerprint density at radius 2 is 1.56 bits per heavy atom. The fourth-order valence-electron chi connectivity index (χ4n) is 8.97. The summed E-state index contributed by atoms with van der Waals surface area (Å²) in [6.45, 7) is 10.3. The van der Waals surface area contributed by atoms with E-state index in [4.69, 9.17) is 10.5 Å². The average molecular weight is 631 g/mol. The number of amides is 4. The van der Waals surface area contributed by atoms with Gasteiger partial charge >= 0.3 is 6.09 Å². The number of hydrogen-bond donors (Lipinski definition) is 3. The Morgan fingerprint density at radius 3 is 2.09 bits per heavy atom. The maximum Gasteiger partial charge on any atom is 0.411 e. The van der Waals surface area contributed by atoms with Gasteiger partial charge in [-0.25, -0.2) is 4.79 Å². The number of nitrogens with one attached hydrogen (secondary N) is 1. The average Bonchev–Trinajstić information content (AvgIpc) is 3.27. The number of nitrogens with zero attached hydrogens (tertiary/aromatic N) is 2. The van der Waals surface area contributed by atoms with Crippen LogP contribution in [0.25, 0.3) is 0 Å². The maximum atomic E-state index is 15.0. The van der Waals surface area contributed by atoms with E-state index in [1.807, 2.05) is 20.8 Å². The molecule has 4 saturated carbocycles. The first-order chi connectivity index (χ1) is 21.2. The predicted octanol–water partition coefficient (Wildman–Crippen LogP) is 4.51. The summed E-state index contributed by atoms with van der Waals surface area (Å²) < 4.78 is 5.99.